The van der Waals surface area contributed by atoms with Gasteiger partial charge in [-0.15, -0.1) is 0 Å². The first-order valence-electron chi connectivity index (χ1n) is 9.12. The molecule has 0 fully saturated rings. The van der Waals surface area contributed by atoms with Crippen molar-refractivity contribution in [3.8, 4) is 22.8 Å². The van der Waals surface area contributed by atoms with Crippen LogP contribution in [0.5, 0.6) is 11.6 Å². The Kier molecular flexibility index (Phi) is 6.94. The van der Waals surface area contributed by atoms with E-state index in [1.807, 2.05) is 72.8 Å². The second-order valence-corrected chi connectivity index (χ2v) is 6.08. The summed E-state index contributed by atoms with van der Waals surface area (Å²) in [6, 6.07) is 25.3. The number of anilines is 3. The number of rotatable bonds is 5. The molecular weight excluding hydrogens is 378 g/mol. The minimum atomic E-state index is 0.250. The number of nitrogens with two attached hydrogens (primary N) is 2. The first-order chi connectivity index (χ1) is 14.7. The van der Waals surface area contributed by atoms with Crippen LogP contribution in [-0.2, 0) is 4.79 Å². The van der Waals surface area contributed by atoms with Gasteiger partial charge in [0, 0.05) is 29.3 Å². The molecule has 2 aromatic heterocycles. The molecule has 4 aromatic rings. The maximum absolute atomic E-state index is 8.58. The van der Waals surface area contributed by atoms with Crippen molar-refractivity contribution >= 4 is 23.6 Å². The first-order valence-corrected chi connectivity index (χ1v) is 9.12. The first kappa shape index (κ1) is 20.3. The lowest BCUT2D eigenvalue weighted by Crippen LogP contribution is -1.94. The van der Waals surface area contributed by atoms with Gasteiger partial charge in [-0.1, -0.05) is 18.2 Å². The number of primary amides is 1. The number of carbonyl (C=O) groups is 1. The Hall–Kier alpha value is -4.39. The molecule has 5 N–H and O–H groups in total. The summed E-state index contributed by atoms with van der Waals surface area (Å²) in [6.45, 7) is 0. The summed E-state index contributed by atoms with van der Waals surface area (Å²) in [6.07, 6.45) is 3.63. The van der Waals surface area contributed by atoms with Crippen LogP contribution in [0.4, 0.5) is 17.2 Å². The van der Waals surface area contributed by atoms with Crippen LogP contribution in [0.2, 0.25) is 0 Å². The van der Waals surface area contributed by atoms with Crippen LogP contribution >= 0.6 is 0 Å². The van der Waals surface area contributed by atoms with Crippen LogP contribution in [0, 0.1) is 0 Å². The van der Waals surface area contributed by atoms with Crippen LogP contribution in [0.3, 0.4) is 0 Å². The molecule has 150 valence electrons. The number of ether oxygens (including phenoxy) is 1. The average Bonchev–Trinajstić information content (AvgIpc) is 2.77. The Morgan fingerprint density at radius 2 is 1.53 bits per heavy atom. The number of nitrogen functional groups attached to an aromatic ring is 1. The molecule has 0 aliphatic rings. The van der Waals surface area contributed by atoms with E-state index in [1.165, 1.54) is 0 Å². The molecule has 0 aliphatic heterocycles. The van der Waals surface area contributed by atoms with Gasteiger partial charge in [0.2, 0.25) is 12.3 Å². The molecule has 0 saturated carbocycles. The highest BCUT2D eigenvalue weighted by Crippen LogP contribution is 2.32. The monoisotopic (exact) mass is 399 g/mol. The highest BCUT2D eigenvalue weighted by molar-refractivity contribution is 5.70. The van der Waals surface area contributed by atoms with Gasteiger partial charge < -0.3 is 21.5 Å². The van der Waals surface area contributed by atoms with Crippen molar-refractivity contribution in [2.45, 2.75) is 0 Å². The largest absolute Gasteiger partial charge is 0.438 e. The lowest BCUT2D eigenvalue weighted by Gasteiger charge is -2.11. The maximum Gasteiger partial charge on any atom is 0.227 e. The van der Waals surface area contributed by atoms with Gasteiger partial charge in [0.15, 0.2) is 0 Å². The number of hydrogen-bond donors (Lipinski definition) is 3. The lowest BCUT2D eigenvalue weighted by molar-refractivity contribution is -0.106. The van der Waals surface area contributed by atoms with Crippen molar-refractivity contribution in [2.24, 2.45) is 5.73 Å². The average molecular weight is 399 g/mol. The number of nitrogens with zero attached hydrogens (tertiary/aromatic N) is 2. The zero-order chi connectivity index (χ0) is 21.2. The Morgan fingerprint density at radius 1 is 0.833 bits per heavy atom. The molecule has 2 heterocycles. The molecule has 4 rings (SSSR count). The zero-order valence-electron chi connectivity index (χ0n) is 16.1. The van der Waals surface area contributed by atoms with E-state index < -0.39 is 0 Å². The van der Waals surface area contributed by atoms with Gasteiger partial charge in [-0.25, -0.2) is 9.97 Å². The smallest absolute Gasteiger partial charge is 0.227 e. The van der Waals surface area contributed by atoms with Crippen molar-refractivity contribution in [1.29, 1.82) is 0 Å². The van der Waals surface area contributed by atoms with Crippen molar-refractivity contribution in [2.75, 3.05) is 11.1 Å². The van der Waals surface area contributed by atoms with Gasteiger partial charge in [0.1, 0.15) is 11.6 Å². The van der Waals surface area contributed by atoms with Crippen LogP contribution in [0.15, 0.2) is 91.3 Å². The van der Waals surface area contributed by atoms with E-state index in [4.69, 9.17) is 15.3 Å². The van der Waals surface area contributed by atoms with Crippen molar-refractivity contribution in [3.63, 3.8) is 0 Å². The summed E-state index contributed by atoms with van der Waals surface area (Å²) in [5.41, 5.74) is 13.8. The molecule has 7 heteroatoms. The van der Waals surface area contributed by atoms with Gasteiger partial charge in [0.05, 0.1) is 0 Å². The summed E-state index contributed by atoms with van der Waals surface area (Å²) in [7, 11) is 0. The number of pyridine rings is 2. The molecule has 2 aromatic carbocycles. The summed E-state index contributed by atoms with van der Waals surface area (Å²) in [4.78, 5) is 17.0. The molecule has 0 unspecified atom stereocenters. The predicted molar refractivity (Wildman–Crippen MR) is 118 cm³/mol. The summed E-state index contributed by atoms with van der Waals surface area (Å²) in [5.74, 6) is 1.68. The number of amides is 1. The van der Waals surface area contributed by atoms with E-state index in [2.05, 4.69) is 21.0 Å². The van der Waals surface area contributed by atoms with Crippen molar-refractivity contribution in [3.05, 3.63) is 91.3 Å². The van der Waals surface area contributed by atoms with Gasteiger partial charge >= 0.3 is 0 Å². The second-order valence-electron chi connectivity index (χ2n) is 6.08. The van der Waals surface area contributed by atoms with Gasteiger partial charge in [-0.3, -0.25) is 4.79 Å². The molecule has 0 aliphatic carbocycles. The van der Waals surface area contributed by atoms with Gasteiger partial charge in [-0.05, 0) is 66.2 Å². The number of aromatic nitrogens is 2. The fraction of sp³-hybridized carbons (Fsp3) is 0. The Balaban J connectivity index is 0.000000806. The quantitative estimate of drug-likeness (QED) is 0.429. The molecule has 0 spiro atoms. The molecule has 7 nitrogen and oxygen atoms in total. The third kappa shape index (κ3) is 5.56. The molecule has 0 radical (unpaired) electrons. The number of benzene rings is 2. The lowest BCUT2D eigenvalue weighted by atomic mass is 10.1. The van der Waals surface area contributed by atoms with E-state index in [0.717, 1.165) is 22.5 Å². The zero-order valence-corrected chi connectivity index (χ0v) is 16.1. The van der Waals surface area contributed by atoms with E-state index in [0.29, 0.717) is 17.4 Å². The minimum absolute atomic E-state index is 0.250. The second kappa shape index (κ2) is 10.2. The molecule has 0 atom stereocenters. The Labute approximate surface area is 174 Å². The maximum atomic E-state index is 8.58. The number of hydrogen-bond acceptors (Lipinski definition) is 6. The summed E-state index contributed by atoms with van der Waals surface area (Å²) < 4.78 is 6.01. The normalized spacial score (nSPS) is 9.73. The van der Waals surface area contributed by atoms with Crippen LogP contribution in [-0.4, -0.2) is 16.4 Å². The van der Waals surface area contributed by atoms with Crippen LogP contribution in [0.1, 0.15) is 0 Å². The third-order valence-corrected chi connectivity index (χ3v) is 3.99. The van der Waals surface area contributed by atoms with E-state index in [-0.39, 0.29) is 6.41 Å². The molecule has 0 bridgehead atoms. The van der Waals surface area contributed by atoms with Crippen molar-refractivity contribution < 1.29 is 9.53 Å². The fourth-order valence-corrected chi connectivity index (χ4v) is 2.71. The standard InChI is InChI=1S/C22H18N4O.CH3NO/c23-21-15-16(12-14-24-21)20-7-4-13-25-22(20)27-19-10-8-18(9-11-19)26-17-5-2-1-3-6-17;2-1-3/h1-15,26H,(H2,23,24);1H,(H2,2,3). The van der Waals surface area contributed by atoms with E-state index >= 15 is 0 Å². The number of nitrogens with one attached hydrogen (secondary N) is 1. The van der Waals surface area contributed by atoms with Gasteiger partial charge in [0.25, 0.3) is 0 Å². The molecule has 30 heavy (non-hydrogen) atoms. The van der Waals surface area contributed by atoms with Crippen LogP contribution in [0.25, 0.3) is 11.1 Å². The summed E-state index contributed by atoms with van der Waals surface area (Å²) in [5, 5.41) is 3.35. The minimum Gasteiger partial charge on any atom is -0.438 e. The van der Waals surface area contributed by atoms with Gasteiger partial charge in [-0.2, -0.15) is 0 Å². The number of carbonyl (C=O) groups excluding carboxylic acids is 1. The SMILES string of the molecule is NC=O.Nc1cc(-c2cccnc2Oc2ccc(Nc3ccccc3)cc2)ccn1. The molecule has 0 saturated heterocycles. The molecular formula is C23H21N5O2. The predicted octanol–water partition coefficient (Wildman–Crippen LogP) is 4.36. The topological polar surface area (TPSA) is 116 Å². The third-order valence-electron chi connectivity index (χ3n) is 3.99. The van der Waals surface area contributed by atoms with E-state index in [1.54, 1.807) is 18.5 Å². The van der Waals surface area contributed by atoms with Crippen molar-refractivity contribution in [1.82, 2.24) is 9.97 Å². The Bertz CT molecular complexity index is 1090. The number of para-hydroxylation sites is 1. The Morgan fingerprint density at radius 3 is 2.23 bits per heavy atom. The fourth-order valence-electron chi connectivity index (χ4n) is 2.71. The molecule has 1 amide bonds. The van der Waals surface area contributed by atoms with E-state index in [9.17, 15) is 0 Å². The highest BCUT2D eigenvalue weighted by atomic mass is 16.5. The highest BCUT2D eigenvalue weighted by Gasteiger charge is 2.09. The van der Waals surface area contributed by atoms with Crippen LogP contribution < -0.4 is 21.5 Å². The summed E-state index contributed by atoms with van der Waals surface area (Å²) >= 11 is 0.